The van der Waals surface area contributed by atoms with Crippen LogP contribution in [-0.2, 0) is 17.3 Å². The molecule has 0 aliphatic carbocycles. The number of benzene rings is 1. The molecule has 0 spiro atoms. The number of nitrogens with two attached hydrogens (primary N) is 1. The van der Waals surface area contributed by atoms with E-state index in [9.17, 15) is 8.60 Å². The average Bonchev–Trinajstić information content (AvgIpc) is 2.35. The summed E-state index contributed by atoms with van der Waals surface area (Å²) >= 11 is 0. The second kappa shape index (κ2) is 7.20. The second-order valence-corrected chi connectivity index (χ2v) is 5.79. The molecule has 0 aliphatic heterocycles. The molecule has 1 rings (SSSR count). The van der Waals surface area contributed by atoms with Crippen molar-refractivity contribution in [3.8, 4) is 0 Å². The Hall–Kier alpha value is -1.47. The molecule has 2 atom stereocenters. The molecule has 4 N–H and O–H groups in total. The number of halogens is 1. The van der Waals surface area contributed by atoms with E-state index in [4.69, 9.17) is 10.9 Å². The molecule has 0 fully saturated rings. The van der Waals surface area contributed by atoms with Crippen molar-refractivity contribution >= 4 is 16.6 Å². The first-order valence-electron chi connectivity index (χ1n) is 5.73. The van der Waals surface area contributed by atoms with Crippen LogP contribution in [0, 0.1) is 5.82 Å². The fourth-order valence-electron chi connectivity index (χ4n) is 1.60. The third-order valence-corrected chi connectivity index (χ3v) is 3.55. The Labute approximate surface area is 114 Å². The Morgan fingerprint density at radius 1 is 1.63 bits per heavy atom. The quantitative estimate of drug-likeness (QED) is 0.312. The Bertz CT molecular complexity index is 494. The van der Waals surface area contributed by atoms with E-state index in [2.05, 4.69) is 10.5 Å². The highest BCUT2D eigenvalue weighted by atomic mass is 32.2. The van der Waals surface area contributed by atoms with E-state index < -0.39 is 16.6 Å². The summed E-state index contributed by atoms with van der Waals surface area (Å²) in [5.74, 6) is -0.0429. The molecule has 0 amide bonds. The SMILES string of the molecule is CC(CS(C)=O)NCc1ccc(/C(N)=N/O)cc1F. The van der Waals surface area contributed by atoms with Gasteiger partial charge in [-0.25, -0.2) is 4.39 Å². The molecule has 0 bridgehead atoms. The normalized spacial score (nSPS) is 15.2. The van der Waals surface area contributed by atoms with Crippen LogP contribution < -0.4 is 11.1 Å². The van der Waals surface area contributed by atoms with Gasteiger partial charge < -0.3 is 16.3 Å². The van der Waals surface area contributed by atoms with Crippen LogP contribution in [-0.4, -0.2) is 33.3 Å². The number of nitrogens with zero attached hydrogens (tertiary/aromatic N) is 1. The van der Waals surface area contributed by atoms with Crippen LogP contribution in [0.25, 0.3) is 0 Å². The maximum atomic E-state index is 13.8. The topological polar surface area (TPSA) is 87.7 Å². The lowest BCUT2D eigenvalue weighted by Gasteiger charge is -2.13. The minimum absolute atomic E-state index is 0.0361. The molecule has 0 radical (unpaired) electrons. The Morgan fingerprint density at radius 2 is 2.32 bits per heavy atom. The van der Waals surface area contributed by atoms with Gasteiger partial charge in [-0.15, -0.1) is 0 Å². The van der Waals surface area contributed by atoms with Gasteiger partial charge in [-0.1, -0.05) is 17.3 Å². The molecule has 7 heteroatoms. The van der Waals surface area contributed by atoms with E-state index in [0.717, 1.165) is 0 Å². The number of hydrogen-bond acceptors (Lipinski definition) is 4. The van der Waals surface area contributed by atoms with Gasteiger partial charge in [-0.3, -0.25) is 4.21 Å². The zero-order valence-electron chi connectivity index (χ0n) is 10.9. The van der Waals surface area contributed by atoms with Gasteiger partial charge in [0, 0.05) is 46.5 Å². The minimum atomic E-state index is -0.886. The molecule has 0 aliphatic rings. The molecule has 19 heavy (non-hydrogen) atoms. The first kappa shape index (κ1) is 15.6. The fraction of sp³-hybridized carbons (Fsp3) is 0.417. The van der Waals surface area contributed by atoms with Crippen molar-refractivity contribution in [3.63, 3.8) is 0 Å². The predicted molar refractivity (Wildman–Crippen MR) is 74.1 cm³/mol. The van der Waals surface area contributed by atoms with Crippen LogP contribution in [0.3, 0.4) is 0 Å². The lowest BCUT2D eigenvalue weighted by atomic mass is 10.1. The molecule has 0 aromatic heterocycles. The summed E-state index contributed by atoms with van der Waals surface area (Å²) in [6.45, 7) is 2.23. The van der Waals surface area contributed by atoms with Crippen molar-refractivity contribution in [2.75, 3.05) is 12.0 Å². The highest BCUT2D eigenvalue weighted by Crippen LogP contribution is 2.10. The average molecular weight is 287 g/mol. The van der Waals surface area contributed by atoms with E-state index in [-0.39, 0.29) is 11.9 Å². The lowest BCUT2D eigenvalue weighted by molar-refractivity contribution is 0.318. The highest BCUT2D eigenvalue weighted by Gasteiger charge is 2.08. The van der Waals surface area contributed by atoms with E-state index in [1.807, 2.05) is 6.92 Å². The first-order valence-corrected chi connectivity index (χ1v) is 7.46. The van der Waals surface area contributed by atoms with Crippen molar-refractivity contribution in [3.05, 3.63) is 35.1 Å². The molecule has 0 heterocycles. The van der Waals surface area contributed by atoms with Gasteiger partial charge in [0.15, 0.2) is 5.84 Å². The van der Waals surface area contributed by atoms with E-state index in [0.29, 0.717) is 23.4 Å². The largest absolute Gasteiger partial charge is 0.409 e. The van der Waals surface area contributed by atoms with Crippen molar-refractivity contribution in [1.29, 1.82) is 0 Å². The van der Waals surface area contributed by atoms with Gasteiger partial charge in [0.1, 0.15) is 5.82 Å². The Balaban J connectivity index is 2.68. The van der Waals surface area contributed by atoms with E-state index in [1.165, 1.54) is 6.07 Å². The van der Waals surface area contributed by atoms with Gasteiger partial charge >= 0.3 is 0 Å². The first-order chi connectivity index (χ1) is 8.93. The van der Waals surface area contributed by atoms with Crippen molar-refractivity contribution in [2.24, 2.45) is 10.9 Å². The number of nitrogens with one attached hydrogen (secondary N) is 1. The smallest absolute Gasteiger partial charge is 0.170 e. The molecular formula is C12H18FN3O2S. The molecule has 106 valence electrons. The molecule has 2 unspecified atom stereocenters. The van der Waals surface area contributed by atoms with Crippen LogP contribution >= 0.6 is 0 Å². The van der Waals surface area contributed by atoms with E-state index in [1.54, 1.807) is 18.4 Å². The Kier molecular flexibility index (Phi) is 5.91. The summed E-state index contributed by atoms with van der Waals surface area (Å²) in [6.07, 6.45) is 1.63. The van der Waals surface area contributed by atoms with E-state index >= 15 is 0 Å². The third-order valence-electron chi connectivity index (χ3n) is 2.58. The maximum Gasteiger partial charge on any atom is 0.170 e. The molecular weight excluding hydrogens is 269 g/mol. The van der Waals surface area contributed by atoms with Gasteiger partial charge in [-0.05, 0) is 13.0 Å². The van der Waals surface area contributed by atoms with Crippen molar-refractivity contribution < 1.29 is 13.8 Å². The molecule has 1 aromatic rings. The van der Waals surface area contributed by atoms with Crippen LogP contribution in [0.4, 0.5) is 4.39 Å². The lowest BCUT2D eigenvalue weighted by Crippen LogP contribution is -2.30. The van der Waals surface area contributed by atoms with Crippen molar-refractivity contribution in [1.82, 2.24) is 5.32 Å². The number of amidine groups is 1. The molecule has 0 saturated carbocycles. The number of hydrogen-bond donors (Lipinski definition) is 3. The van der Waals surface area contributed by atoms with Crippen molar-refractivity contribution in [2.45, 2.75) is 19.5 Å². The zero-order valence-corrected chi connectivity index (χ0v) is 11.7. The maximum absolute atomic E-state index is 13.8. The summed E-state index contributed by atoms with van der Waals surface area (Å²) < 4.78 is 24.8. The molecule has 5 nitrogen and oxygen atoms in total. The van der Waals surface area contributed by atoms with Crippen LogP contribution in [0.15, 0.2) is 23.4 Å². The summed E-state index contributed by atoms with van der Waals surface area (Å²) in [7, 11) is -0.886. The summed E-state index contributed by atoms with van der Waals surface area (Å²) in [5.41, 5.74) is 6.17. The Morgan fingerprint density at radius 3 is 2.84 bits per heavy atom. The summed E-state index contributed by atoms with van der Waals surface area (Å²) in [5, 5.41) is 14.4. The van der Waals surface area contributed by atoms with Crippen LogP contribution in [0.1, 0.15) is 18.1 Å². The van der Waals surface area contributed by atoms with Gasteiger partial charge in [0.05, 0.1) is 0 Å². The highest BCUT2D eigenvalue weighted by molar-refractivity contribution is 7.84. The molecule has 1 aromatic carbocycles. The van der Waals surface area contributed by atoms with Gasteiger partial charge in [0.25, 0.3) is 0 Å². The van der Waals surface area contributed by atoms with Crippen LogP contribution in [0.2, 0.25) is 0 Å². The monoisotopic (exact) mass is 287 g/mol. The summed E-state index contributed by atoms with van der Waals surface area (Å²) in [6, 6.07) is 4.41. The molecule has 0 saturated heterocycles. The summed E-state index contributed by atoms with van der Waals surface area (Å²) in [4.78, 5) is 0. The van der Waals surface area contributed by atoms with Gasteiger partial charge in [0.2, 0.25) is 0 Å². The second-order valence-electron chi connectivity index (χ2n) is 4.31. The van der Waals surface area contributed by atoms with Gasteiger partial charge in [-0.2, -0.15) is 0 Å². The number of oxime groups is 1. The number of rotatable bonds is 6. The fourth-order valence-corrected chi connectivity index (χ4v) is 2.42. The zero-order chi connectivity index (χ0) is 14.4. The minimum Gasteiger partial charge on any atom is -0.409 e. The predicted octanol–water partition coefficient (Wildman–Crippen LogP) is 0.777. The standard InChI is InChI=1S/C12H18FN3O2S/c1-8(7-19(2)18)15-6-10-4-3-9(5-11(10)13)12(14)16-17/h3-5,8,15,17H,6-7H2,1-2H3,(H2,14,16). The van der Waals surface area contributed by atoms with Crippen LogP contribution in [0.5, 0.6) is 0 Å². The third kappa shape index (κ3) is 4.96.